The highest BCUT2D eigenvalue weighted by Crippen LogP contribution is 1.46. The Morgan fingerprint density at radius 3 is 2.25 bits per heavy atom. The number of hydrogen-bond acceptors (Lipinski definition) is 1. The number of hydrogen-bond donors (Lipinski definition) is 0. The van der Waals surface area contributed by atoms with Crippen molar-refractivity contribution in [2.24, 2.45) is 0 Å². The second-order valence-corrected chi connectivity index (χ2v) is 0.874. The molecule has 0 saturated heterocycles. The molecule has 0 heterocycles. The van der Waals surface area contributed by atoms with E-state index in [0.29, 0.717) is 6.04 Å². The van der Waals surface area contributed by atoms with Crippen LogP contribution < -0.4 is 0 Å². The molecule has 22 valence electrons. The lowest BCUT2D eigenvalue weighted by Gasteiger charge is -1.50. The predicted molar refractivity (Wildman–Crippen MR) is 18.0 cm³/mol. The van der Waals surface area contributed by atoms with Crippen LogP contribution in [-0.4, -0.2) is 16.5 Å². The largest absolute Gasteiger partial charge is 0.304 e. The van der Waals surface area contributed by atoms with E-state index in [9.17, 15) is 0 Å². The summed E-state index contributed by atoms with van der Waals surface area (Å²) >= 11 is 0. The first-order valence-corrected chi connectivity index (χ1v) is 1.87. The maximum absolute atomic E-state index is 9.15. The van der Waals surface area contributed by atoms with E-state index in [2.05, 4.69) is 10.2 Å². The van der Waals surface area contributed by atoms with Gasteiger partial charge < -0.3 is 4.79 Å². The average molecular weight is 72.1 g/mol. The van der Waals surface area contributed by atoms with Crippen LogP contribution in [0.25, 0.3) is 0 Å². The zero-order chi connectivity index (χ0) is 3.41. The Labute approximate surface area is 28.4 Å². The maximum atomic E-state index is 9.15. The molecular formula is C2H4OSi. The van der Waals surface area contributed by atoms with Crippen LogP contribution in [-0.2, 0) is 4.79 Å². The van der Waals surface area contributed by atoms with Gasteiger partial charge in [-0.3, -0.25) is 0 Å². The van der Waals surface area contributed by atoms with Gasteiger partial charge >= 0.3 is 0 Å². The third-order valence-corrected chi connectivity index (χ3v) is 0.289. The summed E-state index contributed by atoms with van der Waals surface area (Å²) in [6.45, 7) is 0. The number of rotatable bonds is 1. The smallest absolute Gasteiger partial charge is 0.116 e. The minimum Gasteiger partial charge on any atom is -0.304 e. The first-order valence-electron chi connectivity index (χ1n) is 1.05. The van der Waals surface area contributed by atoms with E-state index < -0.39 is 0 Å². The van der Waals surface area contributed by atoms with E-state index in [1.54, 1.807) is 0 Å². The Morgan fingerprint density at radius 1 is 2.00 bits per heavy atom. The van der Waals surface area contributed by atoms with Gasteiger partial charge in [0, 0.05) is 10.2 Å². The van der Waals surface area contributed by atoms with Crippen LogP contribution in [0.3, 0.4) is 0 Å². The molecule has 0 bridgehead atoms. The van der Waals surface area contributed by atoms with Crippen molar-refractivity contribution in [1.82, 2.24) is 0 Å². The summed E-state index contributed by atoms with van der Waals surface area (Å²) in [6, 6.07) is 0.556. The lowest BCUT2D eigenvalue weighted by Crippen LogP contribution is -1.61. The Bertz CT molecular complexity index is 20.0. The molecule has 0 aliphatic rings. The highest BCUT2D eigenvalue weighted by Gasteiger charge is 1.53. The quantitative estimate of drug-likeness (QED) is 0.301. The summed E-state index contributed by atoms with van der Waals surface area (Å²) in [6.07, 6.45) is 0.838. The lowest BCUT2D eigenvalue weighted by atomic mass is 10.9. The first kappa shape index (κ1) is 3.89. The number of aldehydes is 1. The second kappa shape index (κ2) is 2.89. The molecule has 0 atom stereocenters. The van der Waals surface area contributed by atoms with E-state index in [-0.39, 0.29) is 0 Å². The summed E-state index contributed by atoms with van der Waals surface area (Å²) in [4.78, 5) is 9.15. The van der Waals surface area contributed by atoms with Gasteiger partial charge in [-0.2, -0.15) is 0 Å². The van der Waals surface area contributed by atoms with Crippen LogP contribution in [0.5, 0.6) is 0 Å². The van der Waals surface area contributed by atoms with Gasteiger partial charge in [0.2, 0.25) is 0 Å². The Morgan fingerprint density at radius 2 is 2.25 bits per heavy atom. The van der Waals surface area contributed by atoms with Crippen molar-refractivity contribution >= 4 is 16.5 Å². The zero-order valence-electron chi connectivity index (χ0n) is 2.27. The van der Waals surface area contributed by atoms with E-state index in [4.69, 9.17) is 4.79 Å². The number of carbonyl (C=O) groups is 1. The summed E-state index contributed by atoms with van der Waals surface area (Å²) in [5.74, 6) is 0. The van der Waals surface area contributed by atoms with Crippen molar-refractivity contribution in [1.29, 1.82) is 0 Å². The van der Waals surface area contributed by atoms with Crippen LogP contribution in [0, 0.1) is 0 Å². The predicted octanol–water partition coefficient (Wildman–Crippen LogP) is -0.496. The SMILES string of the molecule is O=CC[SiH]. The fourth-order valence-electron chi connectivity index (χ4n) is 0. The summed E-state index contributed by atoms with van der Waals surface area (Å²) in [5, 5.41) is 0. The molecule has 2 heteroatoms. The van der Waals surface area contributed by atoms with Gasteiger partial charge in [-0.15, -0.1) is 0 Å². The van der Waals surface area contributed by atoms with Crippen molar-refractivity contribution in [3.63, 3.8) is 0 Å². The summed E-state index contributed by atoms with van der Waals surface area (Å²) in [5.41, 5.74) is 0. The molecule has 0 spiro atoms. The van der Waals surface area contributed by atoms with E-state index in [1.165, 1.54) is 0 Å². The lowest BCUT2D eigenvalue weighted by molar-refractivity contribution is -0.106. The van der Waals surface area contributed by atoms with Gasteiger partial charge in [-0.1, -0.05) is 0 Å². The molecule has 0 unspecified atom stereocenters. The Hall–Kier alpha value is -0.113. The number of carbonyl (C=O) groups excluding carboxylic acids is 1. The van der Waals surface area contributed by atoms with Crippen LogP contribution in [0.1, 0.15) is 0 Å². The van der Waals surface area contributed by atoms with Crippen molar-refractivity contribution in [2.75, 3.05) is 0 Å². The van der Waals surface area contributed by atoms with Gasteiger partial charge in [-0.25, -0.2) is 0 Å². The van der Waals surface area contributed by atoms with Gasteiger partial charge in [0.15, 0.2) is 0 Å². The topological polar surface area (TPSA) is 17.1 Å². The molecule has 0 aliphatic heterocycles. The third kappa shape index (κ3) is 1.89. The molecule has 0 aliphatic carbocycles. The monoisotopic (exact) mass is 72.0 g/mol. The van der Waals surface area contributed by atoms with Gasteiger partial charge in [0.25, 0.3) is 0 Å². The maximum Gasteiger partial charge on any atom is 0.116 e. The van der Waals surface area contributed by atoms with Crippen molar-refractivity contribution in [3.8, 4) is 0 Å². The van der Waals surface area contributed by atoms with Crippen molar-refractivity contribution in [3.05, 3.63) is 0 Å². The molecule has 4 heavy (non-hydrogen) atoms. The van der Waals surface area contributed by atoms with E-state index in [1.807, 2.05) is 0 Å². The van der Waals surface area contributed by atoms with Crippen LogP contribution in [0.2, 0.25) is 6.04 Å². The van der Waals surface area contributed by atoms with Gasteiger partial charge in [0.05, 0.1) is 0 Å². The van der Waals surface area contributed by atoms with E-state index in [0.717, 1.165) is 6.29 Å². The molecule has 1 nitrogen and oxygen atoms in total. The minimum atomic E-state index is 0.556. The molecule has 0 fully saturated rings. The minimum absolute atomic E-state index is 0.556. The molecule has 0 amide bonds. The third-order valence-electron chi connectivity index (χ3n) is 0.0962. The van der Waals surface area contributed by atoms with Crippen molar-refractivity contribution < 1.29 is 4.79 Å². The molecule has 0 saturated carbocycles. The standard InChI is InChI=1S/C2H4OSi/c3-1-2-4/h1,4H,2H2. The second-order valence-electron chi connectivity index (χ2n) is 0.402. The molecule has 0 aromatic heterocycles. The molecule has 0 rings (SSSR count). The Kier molecular flexibility index (Phi) is 2.81. The molecule has 0 N–H and O–H groups in total. The highest BCUT2D eigenvalue weighted by atomic mass is 28.1. The average Bonchev–Trinajstić information content (AvgIpc) is 1.37. The highest BCUT2D eigenvalue weighted by molar-refractivity contribution is 6.15. The van der Waals surface area contributed by atoms with Gasteiger partial charge in [-0.05, 0) is 6.04 Å². The van der Waals surface area contributed by atoms with Crippen LogP contribution in [0.15, 0.2) is 0 Å². The molecule has 2 radical (unpaired) electrons. The fourth-order valence-corrected chi connectivity index (χ4v) is 0. The van der Waals surface area contributed by atoms with Crippen LogP contribution in [0.4, 0.5) is 0 Å². The molecule has 0 aromatic carbocycles. The molecular weight excluding hydrogens is 68.1 g/mol. The fraction of sp³-hybridized carbons (Fsp3) is 0.500. The van der Waals surface area contributed by atoms with Crippen molar-refractivity contribution in [2.45, 2.75) is 6.04 Å². The summed E-state index contributed by atoms with van der Waals surface area (Å²) < 4.78 is 0. The molecule has 0 aromatic rings. The first-order chi connectivity index (χ1) is 1.91. The normalized spacial score (nSPS) is 6.25. The summed E-state index contributed by atoms with van der Waals surface area (Å²) in [7, 11) is 2.29. The van der Waals surface area contributed by atoms with Crippen LogP contribution >= 0.6 is 0 Å². The zero-order valence-corrected chi connectivity index (χ0v) is 3.42. The van der Waals surface area contributed by atoms with E-state index >= 15 is 0 Å². The Balaban J connectivity index is 2.30. The van der Waals surface area contributed by atoms with Gasteiger partial charge in [0.1, 0.15) is 6.29 Å².